The van der Waals surface area contributed by atoms with Crippen LogP contribution >= 0.6 is 0 Å². The van der Waals surface area contributed by atoms with E-state index < -0.39 is 0 Å². The lowest BCUT2D eigenvalue weighted by Gasteiger charge is -2.12. The Morgan fingerprint density at radius 2 is 2.00 bits per heavy atom. The molecule has 4 rings (SSSR count). The molecule has 1 N–H and O–H groups in total. The molecular formula is C21H23N5O3. The number of aryl methyl sites for hydroxylation is 1. The van der Waals surface area contributed by atoms with Gasteiger partial charge in [0.15, 0.2) is 17.3 Å². The number of hydrogen-bond donors (Lipinski definition) is 1. The van der Waals surface area contributed by atoms with Crippen molar-refractivity contribution >= 4 is 11.6 Å². The number of aromatic nitrogens is 4. The van der Waals surface area contributed by atoms with Crippen molar-refractivity contribution in [2.24, 2.45) is 0 Å². The average Bonchev–Trinajstić information content (AvgIpc) is 3.48. The topological polar surface area (TPSA) is 91.2 Å². The minimum atomic E-state index is -0.0752. The van der Waals surface area contributed by atoms with Crippen molar-refractivity contribution in [3.8, 4) is 22.9 Å². The number of nitrogens with one attached hydrogen (secondary N) is 1. The van der Waals surface area contributed by atoms with Crippen LogP contribution < -0.4 is 14.8 Å². The van der Waals surface area contributed by atoms with Gasteiger partial charge in [0.05, 0.1) is 20.3 Å². The number of amides is 1. The van der Waals surface area contributed by atoms with E-state index in [0.29, 0.717) is 30.4 Å². The Kier molecular flexibility index (Phi) is 5.41. The van der Waals surface area contributed by atoms with E-state index in [-0.39, 0.29) is 5.91 Å². The smallest absolute Gasteiger partial charge is 0.224 e. The van der Waals surface area contributed by atoms with Crippen LogP contribution in [0.2, 0.25) is 0 Å². The molecule has 0 saturated heterocycles. The van der Waals surface area contributed by atoms with Crippen LogP contribution in [0.4, 0.5) is 5.69 Å². The number of hydrogen-bond acceptors (Lipinski definition) is 6. The minimum absolute atomic E-state index is 0.0752. The number of benzene rings is 2. The number of para-hydroxylation sites is 1. The Morgan fingerprint density at radius 1 is 1.17 bits per heavy atom. The van der Waals surface area contributed by atoms with Gasteiger partial charge in [-0.05, 0) is 53.5 Å². The molecule has 0 radical (unpaired) electrons. The average molecular weight is 393 g/mol. The summed E-state index contributed by atoms with van der Waals surface area (Å²) >= 11 is 0. The molecular weight excluding hydrogens is 370 g/mol. The van der Waals surface area contributed by atoms with Crippen LogP contribution in [0.3, 0.4) is 0 Å². The van der Waals surface area contributed by atoms with Crippen molar-refractivity contribution < 1.29 is 14.3 Å². The standard InChI is InChI=1S/C21H23N5O3/c1-28-18-8-4-5-14(20(18)29-2)9-12-19(27)22-16-7-3-6-15(13-16)21-23-24-25-26(21)17-10-11-17/h3-8,13,17H,9-12H2,1-2H3,(H,22,27). The molecule has 1 aromatic heterocycles. The SMILES string of the molecule is COc1cccc(CCC(=O)Nc2cccc(-c3nnnn3C3CC3)c2)c1OC. The van der Waals surface area contributed by atoms with Crippen molar-refractivity contribution in [1.29, 1.82) is 0 Å². The third-order valence-electron chi connectivity index (χ3n) is 4.90. The number of anilines is 1. The molecule has 1 amide bonds. The largest absolute Gasteiger partial charge is 0.493 e. The van der Waals surface area contributed by atoms with Gasteiger partial charge in [0.25, 0.3) is 0 Å². The molecule has 150 valence electrons. The lowest BCUT2D eigenvalue weighted by molar-refractivity contribution is -0.116. The molecule has 3 aromatic rings. The molecule has 1 heterocycles. The van der Waals surface area contributed by atoms with E-state index >= 15 is 0 Å². The van der Waals surface area contributed by atoms with Gasteiger partial charge in [-0.25, -0.2) is 4.68 Å². The maximum absolute atomic E-state index is 12.5. The van der Waals surface area contributed by atoms with Crippen molar-refractivity contribution in [2.45, 2.75) is 31.7 Å². The monoisotopic (exact) mass is 393 g/mol. The molecule has 1 fully saturated rings. The second-order valence-electron chi connectivity index (χ2n) is 6.96. The highest BCUT2D eigenvalue weighted by molar-refractivity contribution is 5.91. The van der Waals surface area contributed by atoms with Crippen molar-refractivity contribution in [1.82, 2.24) is 20.2 Å². The van der Waals surface area contributed by atoms with Gasteiger partial charge >= 0.3 is 0 Å². The number of tetrazole rings is 1. The number of nitrogens with zero attached hydrogens (tertiary/aromatic N) is 4. The molecule has 0 spiro atoms. The Hall–Kier alpha value is -3.42. The van der Waals surface area contributed by atoms with E-state index in [4.69, 9.17) is 9.47 Å². The first kappa shape index (κ1) is 18.9. The van der Waals surface area contributed by atoms with E-state index in [1.807, 2.05) is 47.1 Å². The molecule has 2 aromatic carbocycles. The summed E-state index contributed by atoms with van der Waals surface area (Å²) in [5.41, 5.74) is 2.53. The third-order valence-corrected chi connectivity index (χ3v) is 4.90. The fraction of sp³-hybridized carbons (Fsp3) is 0.333. The van der Waals surface area contributed by atoms with E-state index in [2.05, 4.69) is 20.8 Å². The predicted octanol–water partition coefficient (Wildman–Crippen LogP) is 3.26. The normalized spacial score (nSPS) is 13.2. The molecule has 0 atom stereocenters. The zero-order valence-electron chi connectivity index (χ0n) is 16.5. The highest BCUT2D eigenvalue weighted by atomic mass is 16.5. The predicted molar refractivity (Wildman–Crippen MR) is 108 cm³/mol. The first-order valence-electron chi connectivity index (χ1n) is 9.57. The van der Waals surface area contributed by atoms with Crippen LogP contribution in [0.5, 0.6) is 11.5 Å². The van der Waals surface area contributed by atoms with Crippen molar-refractivity contribution in [2.75, 3.05) is 19.5 Å². The van der Waals surface area contributed by atoms with Gasteiger partial charge < -0.3 is 14.8 Å². The summed E-state index contributed by atoms with van der Waals surface area (Å²) < 4.78 is 12.6. The number of carbonyl (C=O) groups excluding carboxylic acids is 1. The van der Waals surface area contributed by atoms with Crippen LogP contribution in [0.15, 0.2) is 42.5 Å². The van der Waals surface area contributed by atoms with E-state index in [9.17, 15) is 4.79 Å². The zero-order valence-corrected chi connectivity index (χ0v) is 16.5. The number of ether oxygens (including phenoxy) is 2. The minimum Gasteiger partial charge on any atom is -0.493 e. The number of methoxy groups -OCH3 is 2. The van der Waals surface area contributed by atoms with Gasteiger partial charge in [0.1, 0.15) is 0 Å². The quantitative estimate of drug-likeness (QED) is 0.632. The highest BCUT2D eigenvalue weighted by Crippen LogP contribution is 2.37. The Balaban J connectivity index is 1.42. The van der Waals surface area contributed by atoms with Crippen LogP contribution in [0.25, 0.3) is 11.4 Å². The van der Waals surface area contributed by atoms with Gasteiger partial charge in [0, 0.05) is 17.7 Å². The van der Waals surface area contributed by atoms with Crippen LogP contribution in [0.1, 0.15) is 30.9 Å². The van der Waals surface area contributed by atoms with Gasteiger partial charge in [-0.15, -0.1) is 5.10 Å². The zero-order chi connectivity index (χ0) is 20.2. The van der Waals surface area contributed by atoms with E-state index in [1.165, 1.54) is 0 Å². The van der Waals surface area contributed by atoms with Gasteiger partial charge in [-0.1, -0.05) is 24.3 Å². The Morgan fingerprint density at radius 3 is 2.76 bits per heavy atom. The molecule has 0 aliphatic heterocycles. The van der Waals surface area contributed by atoms with Crippen molar-refractivity contribution in [3.05, 3.63) is 48.0 Å². The fourth-order valence-electron chi connectivity index (χ4n) is 3.31. The molecule has 1 saturated carbocycles. The maximum atomic E-state index is 12.5. The fourth-order valence-corrected chi connectivity index (χ4v) is 3.31. The summed E-state index contributed by atoms with van der Waals surface area (Å²) in [5.74, 6) is 1.97. The second kappa shape index (κ2) is 8.30. The van der Waals surface area contributed by atoms with Gasteiger partial charge in [-0.3, -0.25) is 4.79 Å². The van der Waals surface area contributed by atoms with Gasteiger partial charge in [-0.2, -0.15) is 0 Å². The number of rotatable bonds is 8. The molecule has 0 unspecified atom stereocenters. The molecule has 1 aliphatic carbocycles. The number of carbonyl (C=O) groups is 1. The summed E-state index contributed by atoms with van der Waals surface area (Å²) in [6, 6.07) is 13.6. The third kappa shape index (κ3) is 4.21. The lowest BCUT2D eigenvalue weighted by atomic mass is 10.1. The Bertz CT molecular complexity index is 1010. The highest BCUT2D eigenvalue weighted by Gasteiger charge is 2.28. The molecule has 29 heavy (non-hydrogen) atoms. The summed E-state index contributed by atoms with van der Waals surface area (Å²) in [6.07, 6.45) is 3.07. The van der Waals surface area contributed by atoms with E-state index in [0.717, 1.165) is 35.5 Å². The van der Waals surface area contributed by atoms with E-state index in [1.54, 1.807) is 14.2 Å². The molecule has 0 bridgehead atoms. The summed E-state index contributed by atoms with van der Waals surface area (Å²) in [6.45, 7) is 0. The summed E-state index contributed by atoms with van der Waals surface area (Å²) in [4.78, 5) is 12.5. The second-order valence-corrected chi connectivity index (χ2v) is 6.96. The Labute approximate surface area is 168 Å². The lowest BCUT2D eigenvalue weighted by Crippen LogP contribution is -2.12. The molecule has 1 aliphatic rings. The summed E-state index contributed by atoms with van der Waals surface area (Å²) in [7, 11) is 3.20. The first-order chi connectivity index (χ1) is 14.2. The maximum Gasteiger partial charge on any atom is 0.224 e. The first-order valence-corrected chi connectivity index (χ1v) is 9.57. The van der Waals surface area contributed by atoms with Gasteiger partial charge in [0.2, 0.25) is 5.91 Å². The van der Waals surface area contributed by atoms with Crippen LogP contribution in [0, 0.1) is 0 Å². The molecule has 8 heteroatoms. The van der Waals surface area contributed by atoms with Crippen molar-refractivity contribution in [3.63, 3.8) is 0 Å². The summed E-state index contributed by atoms with van der Waals surface area (Å²) in [5, 5.41) is 15.0. The van der Waals surface area contributed by atoms with Crippen LogP contribution in [-0.2, 0) is 11.2 Å². The van der Waals surface area contributed by atoms with Crippen LogP contribution in [-0.4, -0.2) is 40.3 Å². The molecule has 8 nitrogen and oxygen atoms in total.